The van der Waals surface area contributed by atoms with Crippen molar-refractivity contribution in [3.63, 3.8) is 0 Å². The van der Waals surface area contributed by atoms with Gasteiger partial charge in [0.1, 0.15) is 18.2 Å². The van der Waals surface area contributed by atoms with Crippen LogP contribution in [0.5, 0.6) is 5.75 Å². The lowest BCUT2D eigenvalue weighted by Crippen LogP contribution is -2.06. The third-order valence-corrected chi connectivity index (χ3v) is 3.45. The lowest BCUT2D eigenvalue weighted by Gasteiger charge is -2.08. The number of benzene rings is 1. The molecule has 0 spiro atoms. The Bertz CT molecular complexity index is 818. The lowest BCUT2D eigenvalue weighted by molar-refractivity contribution is 0.296. The molecule has 21 heavy (non-hydrogen) atoms. The van der Waals surface area contributed by atoms with E-state index >= 15 is 0 Å². The van der Waals surface area contributed by atoms with E-state index in [-0.39, 0.29) is 6.61 Å². The van der Waals surface area contributed by atoms with E-state index in [0.29, 0.717) is 38.5 Å². The van der Waals surface area contributed by atoms with Gasteiger partial charge in [0.05, 0.1) is 16.6 Å². The van der Waals surface area contributed by atoms with Crippen molar-refractivity contribution in [1.29, 1.82) is 0 Å². The second-order valence-electron chi connectivity index (χ2n) is 4.39. The van der Waals surface area contributed by atoms with Crippen molar-refractivity contribution in [2.24, 2.45) is 7.05 Å². The van der Waals surface area contributed by atoms with Gasteiger partial charge in [-0.2, -0.15) is 5.10 Å². The Labute approximate surface area is 130 Å². The molecule has 0 aliphatic carbocycles. The number of nitrogens with zero attached hydrogens (tertiary/aromatic N) is 4. The molecule has 2 aromatic heterocycles. The van der Waals surface area contributed by atoms with Gasteiger partial charge >= 0.3 is 0 Å². The van der Waals surface area contributed by atoms with Gasteiger partial charge in [-0.05, 0) is 18.2 Å². The summed E-state index contributed by atoms with van der Waals surface area (Å²) in [6, 6.07) is 5.00. The smallest absolute Gasteiger partial charge is 0.170 e. The van der Waals surface area contributed by atoms with E-state index < -0.39 is 0 Å². The van der Waals surface area contributed by atoms with Crippen LogP contribution in [0.3, 0.4) is 0 Å². The van der Waals surface area contributed by atoms with Crippen LogP contribution in [0.25, 0.3) is 11.0 Å². The van der Waals surface area contributed by atoms with Crippen molar-refractivity contribution in [3.8, 4) is 5.75 Å². The molecule has 3 aromatic rings. The largest absolute Gasteiger partial charge is 0.484 e. The van der Waals surface area contributed by atoms with Crippen LogP contribution < -0.4 is 10.5 Å². The molecule has 0 atom stereocenters. The zero-order valence-corrected chi connectivity index (χ0v) is 12.6. The maximum Gasteiger partial charge on any atom is 0.170 e. The van der Waals surface area contributed by atoms with E-state index in [4.69, 9.17) is 33.7 Å². The molecule has 0 radical (unpaired) electrons. The molecule has 3 rings (SSSR count). The molecule has 0 amide bonds. The topological polar surface area (TPSA) is 78.9 Å². The van der Waals surface area contributed by atoms with Gasteiger partial charge in [0.25, 0.3) is 0 Å². The Morgan fingerprint density at radius 2 is 2.10 bits per heavy atom. The molecule has 0 bridgehead atoms. The number of fused-ring (bicyclic) bond motifs is 1. The van der Waals surface area contributed by atoms with E-state index in [0.717, 1.165) is 0 Å². The molecule has 0 fully saturated rings. The molecular weight excluding hydrogens is 313 g/mol. The van der Waals surface area contributed by atoms with Crippen LogP contribution in [0.15, 0.2) is 24.4 Å². The SMILES string of the molecule is Cn1ncc2c(N)nc(COc3ccc(Cl)cc3Cl)nc21. The van der Waals surface area contributed by atoms with Crippen LogP contribution in [0.2, 0.25) is 10.0 Å². The zero-order chi connectivity index (χ0) is 15.0. The predicted molar refractivity (Wildman–Crippen MR) is 81.5 cm³/mol. The number of nitrogens with two attached hydrogens (primary N) is 1. The summed E-state index contributed by atoms with van der Waals surface area (Å²) < 4.78 is 7.23. The summed E-state index contributed by atoms with van der Waals surface area (Å²) in [5, 5.41) is 5.78. The number of aryl methyl sites for hydroxylation is 1. The van der Waals surface area contributed by atoms with E-state index in [1.165, 1.54) is 0 Å². The van der Waals surface area contributed by atoms with Crippen molar-refractivity contribution in [3.05, 3.63) is 40.3 Å². The second kappa shape index (κ2) is 5.38. The lowest BCUT2D eigenvalue weighted by atomic mass is 10.3. The van der Waals surface area contributed by atoms with E-state index in [9.17, 15) is 0 Å². The molecule has 8 heteroatoms. The number of halogens is 2. The summed E-state index contributed by atoms with van der Waals surface area (Å²) in [4.78, 5) is 8.57. The van der Waals surface area contributed by atoms with Crippen LogP contribution in [0.1, 0.15) is 5.82 Å². The maximum atomic E-state index is 6.04. The molecule has 6 nitrogen and oxygen atoms in total. The first kappa shape index (κ1) is 13.9. The quantitative estimate of drug-likeness (QED) is 0.801. The van der Waals surface area contributed by atoms with Gasteiger partial charge in [0.15, 0.2) is 11.5 Å². The van der Waals surface area contributed by atoms with Crippen molar-refractivity contribution in [2.45, 2.75) is 6.61 Å². The Morgan fingerprint density at radius 1 is 1.29 bits per heavy atom. The van der Waals surface area contributed by atoms with Crippen LogP contribution in [-0.2, 0) is 13.7 Å². The molecular formula is C13H11Cl2N5O. The van der Waals surface area contributed by atoms with Crippen molar-refractivity contribution in [1.82, 2.24) is 19.7 Å². The minimum absolute atomic E-state index is 0.146. The molecule has 2 heterocycles. The number of anilines is 1. The molecule has 0 saturated carbocycles. The van der Waals surface area contributed by atoms with Gasteiger partial charge in [-0.3, -0.25) is 4.68 Å². The Kier molecular flexibility index (Phi) is 3.57. The van der Waals surface area contributed by atoms with Crippen LogP contribution in [-0.4, -0.2) is 19.7 Å². The molecule has 108 valence electrons. The Morgan fingerprint density at radius 3 is 2.86 bits per heavy atom. The Hall–Kier alpha value is -2.05. The highest BCUT2D eigenvalue weighted by atomic mass is 35.5. The molecule has 0 aliphatic heterocycles. The summed E-state index contributed by atoms with van der Waals surface area (Å²) in [5.74, 6) is 1.33. The molecule has 0 unspecified atom stereocenters. The third kappa shape index (κ3) is 2.72. The minimum Gasteiger partial charge on any atom is -0.484 e. The summed E-state index contributed by atoms with van der Waals surface area (Å²) in [6.45, 7) is 0.146. The van der Waals surface area contributed by atoms with Gasteiger partial charge in [-0.15, -0.1) is 0 Å². The maximum absolute atomic E-state index is 6.04. The van der Waals surface area contributed by atoms with E-state index in [1.54, 1.807) is 36.1 Å². The molecule has 2 N–H and O–H groups in total. The van der Waals surface area contributed by atoms with Crippen LogP contribution in [0, 0.1) is 0 Å². The monoisotopic (exact) mass is 323 g/mol. The fraction of sp³-hybridized carbons (Fsp3) is 0.154. The highest BCUT2D eigenvalue weighted by Crippen LogP contribution is 2.28. The minimum atomic E-state index is 0.146. The predicted octanol–water partition coefficient (Wildman–Crippen LogP) is 2.83. The third-order valence-electron chi connectivity index (χ3n) is 2.92. The number of hydrogen-bond acceptors (Lipinski definition) is 5. The second-order valence-corrected chi connectivity index (χ2v) is 5.24. The average Bonchev–Trinajstić information content (AvgIpc) is 2.80. The molecule has 0 aliphatic rings. The van der Waals surface area contributed by atoms with Gasteiger partial charge in [0, 0.05) is 12.1 Å². The number of aromatic nitrogens is 4. The zero-order valence-electron chi connectivity index (χ0n) is 11.0. The number of ether oxygens (including phenoxy) is 1. The van der Waals surface area contributed by atoms with Crippen molar-refractivity contribution >= 4 is 40.1 Å². The summed E-state index contributed by atoms with van der Waals surface area (Å²) in [6.07, 6.45) is 1.63. The summed E-state index contributed by atoms with van der Waals surface area (Å²) >= 11 is 11.9. The average molecular weight is 324 g/mol. The molecule has 1 aromatic carbocycles. The van der Waals surface area contributed by atoms with Gasteiger partial charge in [-0.25, -0.2) is 9.97 Å². The summed E-state index contributed by atoms with van der Waals surface area (Å²) in [5.41, 5.74) is 6.54. The van der Waals surface area contributed by atoms with Crippen LogP contribution in [0.4, 0.5) is 5.82 Å². The van der Waals surface area contributed by atoms with Gasteiger partial charge in [0.2, 0.25) is 0 Å². The van der Waals surface area contributed by atoms with Crippen molar-refractivity contribution in [2.75, 3.05) is 5.73 Å². The van der Waals surface area contributed by atoms with Crippen LogP contribution >= 0.6 is 23.2 Å². The fourth-order valence-electron chi connectivity index (χ4n) is 1.89. The van der Waals surface area contributed by atoms with Crippen molar-refractivity contribution < 1.29 is 4.74 Å². The first-order chi connectivity index (χ1) is 10.0. The van der Waals surface area contributed by atoms with Gasteiger partial charge in [-0.1, -0.05) is 23.2 Å². The Balaban J connectivity index is 1.86. The van der Waals surface area contributed by atoms with E-state index in [2.05, 4.69) is 15.1 Å². The van der Waals surface area contributed by atoms with Gasteiger partial charge < -0.3 is 10.5 Å². The summed E-state index contributed by atoms with van der Waals surface area (Å²) in [7, 11) is 1.79. The highest BCUT2D eigenvalue weighted by molar-refractivity contribution is 6.35. The normalized spacial score (nSPS) is 11.0. The fourth-order valence-corrected chi connectivity index (χ4v) is 2.35. The first-order valence-corrected chi connectivity index (χ1v) is 6.82. The first-order valence-electron chi connectivity index (χ1n) is 6.06. The highest BCUT2D eigenvalue weighted by Gasteiger charge is 2.10. The number of hydrogen-bond donors (Lipinski definition) is 1. The van der Waals surface area contributed by atoms with E-state index in [1.807, 2.05) is 0 Å². The number of rotatable bonds is 3. The molecule has 0 saturated heterocycles. The number of nitrogen functional groups attached to an aromatic ring is 1. The standard InChI is InChI=1S/C13H11Cl2N5O/c1-20-13-8(5-17-20)12(16)18-11(19-13)6-21-10-3-2-7(14)4-9(10)15/h2-5H,6H2,1H3,(H2,16,18,19).